The van der Waals surface area contributed by atoms with Gasteiger partial charge in [-0.05, 0) is 35.7 Å². The van der Waals surface area contributed by atoms with E-state index in [0.29, 0.717) is 23.1 Å². The van der Waals surface area contributed by atoms with Crippen molar-refractivity contribution in [1.82, 2.24) is 4.72 Å². The molecule has 3 rings (SSSR count). The molecule has 2 aromatic carbocycles. The first-order valence-electron chi connectivity index (χ1n) is 8.14. The van der Waals surface area contributed by atoms with Crippen LogP contribution in [0.2, 0.25) is 0 Å². The third kappa shape index (κ3) is 4.14. The molecule has 0 radical (unpaired) electrons. The topological polar surface area (TPSA) is 93.7 Å². The number of carbonyl (C=O) groups is 1. The number of hydrogen-bond donors (Lipinski definition) is 2. The maximum absolute atomic E-state index is 12.3. The van der Waals surface area contributed by atoms with Gasteiger partial charge in [-0.3, -0.25) is 4.79 Å². The van der Waals surface area contributed by atoms with E-state index >= 15 is 0 Å². The zero-order chi connectivity index (χ0) is 18.7. The molecule has 1 aliphatic rings. The average molecular weight is 376 g/mol. The molecule has 1 heterocycles. The molecule has 0 bridgehead atoms. The molecule has 2 N–H and O–H groups in total. The van der Waals surface area contributed by atoms with Crippen LogP contribution in [0, 0.1) is 0 Å². The summed E-state index contributed by atoms with van der Waals surface area (Å²) in [5, 5.41) is 2.66. The highest BCUT2D eigenvalue weighted by molar-refractivity contribution is 7.89. The van der Waals surface area contributed by atoms with Crippen molar-refractivity contribution in [1.29, 1.82) is 0 Å². The Balaban J connectivity index is 1.59. The van der Waals surface area contributed by atoms with Crippen molar-refractivity contribution in [2.75, 3.05) is 18.7 Å². The number of rotatable bonds is 6. The van der Waals surface area contributed by atoms with Crippen molar-refractivity contribution in [2.45, 2.75) is 24.7 Å². The van der Waals surface area contributed by atoms with Crippen molar-refractivity contribution in [3.05, 3.63) is 48.0 Å². The summed E-state index contributed by atoms with van der Waals surface area (Å²) in [5.41, 5.74) is 1.77. The molecule has 26 heavy (non-hydrogen) atoms. The van der Waals surface area contributed by atoms with Crippen molar-refractivity contribution in [3.63, 3.8) is 0 Å². The van der Waals surface area contributed by atoms with Gasteiger partial charge in [0.2, 0.25) is 22.7 Å². The first kappa shape index (κ1) is 18.2. The van der Waals surface area contributed by atoms with Crippen LogP contribution in [0.5, 0.6) is 11.5 Å². The molecule has 1 aliphatic heterocycles. The maximum atomic E-state index is 12.3. The van der Waals surface area contributed by atoms with Crippen molar-refractivity contribution < 1.29 is 22.7 Å². The first-order chi connectivity index (χ1) is 12.3. The third-order valence-corrected chi connectivity index (χ3v) is 5.34. The van der Waals surface area contributed by atoms with Gasteiger partial charge in [-0.15, -0.1) is 0 Å². The summed E-state index contributed by atoms with van der Waals surface area (Å²) in [6, 6.07) is 11.7. The number of nitrogens with one attached hydrogen (secondary N) is 2. The Morgan fingerprint density at radius 1 is 1.08 bits per heavy atom. The van der Waals surface area contributed by atoms with E-state index in [-0.39, 0.29) is 18.2 Å². The van der Waals surface area contributed by atoms with Gasteiger partial charge >= 0.3 is 0 Å². The van der Waals surface area contributed by atoms with Gasteiger partial charge in [-0.25, -0.2) is 13.1 Å². The van der Waals surface area contributed by atoms with E-state index < -0.39 is 15.9 Å². The summed E-state index contributed by atoms with van der Waals surface area (Å²) >= 11 is 0. The van der Waals surface area contributed by atoms with Gasteiger partial charge in [-0.2, -0.15) is 0 Å². The smallest absolute Gasteiger partial charge is 0.241 e. The number of fused-ring (bicyclic) bond motifs is 1. The van der Waals surface area contributed by atoms with E-state index in [1.807, 2.05) is 12.1 Å². The Kier molecular flexibility index (Phi) is 5.15. The molecule has 0 aromatic heterocycles. The predicted molar refractivity (Wildman–Crippen MR) is 96.9 cm³/mol. The van der Waals surface area contributed by atoms with Gasteiger partial charge < -0.3 is 14.8 Å². The summed E-state index contributed by atoms with van der Waals surface area (Å²) in [7, 11) is -3.83. The minimum absolute atomic E-state index is 0.0100. The van der Waals surface area contributed by atoms with Crippen LogP contribution >= 0.6 is 0 Å². The van der Waals surface area contributed by atoms with Crippen LogP contribution in [0.15, 0.2) is 47.4 Å². The second-order valence-corrected chi connectivity index (χ2v) is 7.93. The molecule has 0 unspecified atom stereocenters. The van der Waals surface area contributed by atoms with Crippen molar-refractivity contribution >= 4 is 21.6 Å². The molecule has 8 heteroatoms. The van der Waals surface area contributed by atoms with Crippen molar-refractivity contribution in [3.8, 4) is 11.5 Å². The molecule has 0 atom stereocenters. The first-order valence-corrected chi connectivity index (χ1v) is 9.62. The van der Waals surface area contributed by atoms with E-state index in [1.165, 1.54) is 18.2 Å². The van der Waals surface area contributed by atoms with Crippen LogP contribution in [-0.2, 0) is 14.8 Å². The molecular formula is C18H20N2O5S. The molecule has 0 fully saturated rings. The van der Waals surface area contributed by atoms with Crippen LogP contribution in [0.25, 0.3) is 0 Å². The summed E-state index contributed by atoms with van der Waals surface area (Å²) in [5.74, 6) is 0.800. The Bertz CT molecular complexity index is 908. The highest BCUT2D eigenvalue weighted by atomic mass is 32.2. The molecule has 0 spiro atoms. The highest BCUT2D eigenvalue weighted by Gasteiger charge is 2.20. The largest absolute Gasteiger partial charge is 0.454 e. The zero-order valence-electron chi connectivity index (χ0n) is 14.5. The second-order valence-electron chi connectivity index (χ2n) is 6.16. The molecule has 138 valence electrons. The number of anilines is 1. The summed E-state index contributed by atoms with van der Waals surface area (Å²) in [6.07, 6.45) is 0. The van der Waals surface area contributed by atoms with E-state index in [1.54, 1.807) is 12.1 Å². The lowest BCUT2D eigenvalue weighted by Crippen LogP contribution is -2.32. The molecule has 1 amide bonds. The van der Waals surface area contributed by atoms with Gasteiger partial charge in [0, 0.05) is 11.8 Å². The van der Waals surface area contributed by atoms with Gasteiger partial charge in [0.25, 0.3) is 0 Å². The van der Waals surface area contributed by atoms with Crippen LogP contribution < -0.4 is 19.5 Å². The lowest BCUT2D eigenvalue weighted by Gasteiger charge is -2.10. The Morgan fingerprint density at radius 3 is 2.46 bits per heavy atom. The monoisotopic (exact) mass is 376 g/mol. The summed E-state index contributed by atoms with van der Waals surface area (Å²) in [6.45, 7) is 3.85. The normalized spacial score (nSPS) is 13.0. The van der Waals surface area contributed by atoms with Crippen LogP contribution in [0.1, 0.15) is 25.3 Å². The number of benzene rings is 2. The van der Waals surface area contributed by atoms with Crippen LogP contribution in [0.4, 0.5) is 5.69 Å². The SMILES string of the molecule is CC(C)c1ccc(NC(=O)CNS(=O)(=O)c2ccc3c(c2)OCO3)cc1. The number of carbonyl (C=O) groups excluding carboxylic acids is 1. The Labute approximate surface area is 152 Å². The maximum Gasteiger partial charge on any atom is 0.241 e. The van der Waals surface area contributed by atoms with E-state index in [2.05, 4.69) is 23.9 Å². The van der Waals surface area contributed by atoms with Crippen molar-refractivity contribution in [2.24, 2.45) is 0 Å². The fourth-order valence-electron chi connectivity index (χ4n) is 2.44. The summed E-state index contributed by atoms with van der Waals surface area (Å²) in [4.78, 5) is 12.0. The molecule has 2 aromatic rings. The molecule has 0 saturated heterocycles. The quantitative estimate of drug-likeness (QED) is 0.808. The van der Waals surface area contributed by atoms with E-state index in [0.717, 1.165) is 5.56 Å². The standard InChI is InChI=1S/C18H20N2O5S/c1-12(2)13-3-5-14(6-4-13)20-18(21)10-19-26(22,23)15-7-8-16-17(9-15)25-11-24-16/h3-9,12,19H,10-11H2,1-2H3,(H,20,21). The molecule has 0 aliphatic carbocycles. The highest BCUT2D eigenvalue weighted by Crippen LogP contribution is 2.33. The lowest BCUT2D eigenvalue weighted by atomic mass is 10.0. The van der Waals surface area contributed by atoms with E-state index in [9.17, 15) is 13.2 Å². The fourth-order valence-corrected chi connectivity index (χ4v) is 3.44. The zero-order valence-corrected chi connectivity index (χ0v) is 15.3. The van der Waals surface area contributed by atoms with Gasteiger partial charge in [0.1, 0.15) is 0 Å². The second kappa shape index (κ2) is 7.35. The van der Waals surface area contributed by atoms with Crippen LogP contribution in [-0.4, -0.2) is 27.7 Å². The number of hydrogen-bond acceptors (Lipinski definition) is 5. The lowest BCUT2D eigenvalue weighted by molar-refractivity contribution is -0.115. The molecule has 0 saturated carbocycles. The number of ether oxygens (including phenoxy) is 2. The molecule has 7 nitrogen and oxygen atoms in total. The Morgan fingerprint density at radius 2 is 1.77 bits per heavy atom. The van der Waals surface area contributed by atoms with Gasteiger partial charge in [0.15, 0.2) is 11.5 Å². The van der Waals surface area contributed by atoms with E-state index in [4.69, 9.17) is 9.47 Å². The number of sulfonamides is 1. The minimum Gasteiger partial charge on any atom is -0.454 e. The predicted octanol–water partition coefficient (Wildman–Crippen LogP) is 2.46. The fraction of sp³-hybridized carbons (Fsp3) is 0.278. The number of amides is 1. The minimum atomic E-state index is -3.83. The van der Waals surface area contributed by atoms with Gasteiger partial charge in [0.05, 0.1) is 11.4 Å². The molecular weight excluding hydrogens is 356 g/mol. The van der Waals surface area contributed by atoms with Crippen LogP contribution in [0.3, 0.4) is 0 Å². The summed E-state index contributed by atoms with van der Waals surface area (Å²) < 4.78 is 37.2. The Hall–Kier alpha value is -2.58. The average Bonchev–Trinajstić information content (AvgIpc) is 3.08. The van der Waals surface area contributed by atoms with Gasteiger partial charge in [-0.1, -0.05) is 26.0 Å². The third-order valence-electron chi connectivity index (χ3n) is 3.94.